The van der Waals surface area contributed by atoms with E-state index in [1.165, 1.54) is 12.8 Å². The van der Waals surface area contributed by atoms with E-state index in [1.54, 1.807) is 14.2 Å². The zero-order valence-electron chi connectivity index (χ0n) is 16.1. The maximum atomic E-state index is 13.2. The molecule has 8 unspecified atom stereocenters. The molecule has 0 aliphatic heterocycles. The lowest BCUT2D eigenvalue weighted by molar-refractivity contribution is -0.297. The van der Waals surface area contributed by atoms with Crippen LogP contribution in [-0.4, -0.2) is 26.2 Å². The van der Waals surface area contributed by atoms with E-state index in [9.17, 15) is 9.59 Å². The quantitative estimate of drug-likeness (QED) is 0.690. The van der Waals surface area contributed by atoms with Crippen molar-refractivity contribution in [3.63, 3.8) is 0 Å². The Morgan fingerprint density at radius 2 is 0.929 bits per heavy atom. The second-order valence-electron chi connectivity index (χ2n) is 12.9. The van der Waals surface area contributed by atoms with Gasteiger partial charge < -0.3 is 9.47 Å². The number of carbonyl (C=O) groups excluding carboxylic acids is 2. The molecule has 0 aromatic rings. The van der Waals surface area contributed by atoms with Crippen LogP contribution >= 0.6 is 0 Å². The number of carbonyl (C=O) groups is 2. The first-order valence-corrected chi connectivity index (χ1v) is 11.8. The highest BCUT2D eigenvalue weighted by molar-refractivity contribution is 5.84. The normalized spacial score (nSPS) is 85.4. The molecule has 4 nitrogen and oxygen atoms in total. The molecule has 13 saturated carbocycles. The highest BCUT2D eigenvalue weighted by Crippen LogP contribution is 3.23. The first-order valence-electron chi connectivity index (χ1n) is 11.8. The third-order valence-corrected chi connectivity index (χ3v) is 15.1. The average Bonchev–Trinajstić information content (AvgIpc) is 3.46. The van der Waals surface area contributed by atoms with E-state index in [2.05, 4.69) is 0 Å². The van der Waals surface area contributed by atoms with Crippen molar-refractivity contribution >= 4 is 11.9 Å². The standard InChI is InChI=1S/C24H24O4/c1-27-19(25)13-15-11-12-16(13)22-6-3-5-9-7-4-8(10(6)9)24(22)18(12)14(20(26)28-2)17(11)23(7,24)21(5,15)22/h5-18H,3-4H2,1-2H3. The molecule has 0 amide bonds. The van der Waals surface area contributed by atoms with Gasteiger partial charge in [0.15, 0.2) is 0 Å². The molecule has 28 heavy (non-hydrogen) atoms. The van der Waals surface area contributed by atoms with E-state index < -0.39 is 0 Å². The summed E-state index contributed by atoms with van der Waals surface area (Å²) in [7, 11) is 3.23. The maximum absolute atomic E-state index is 13.2. The Balaban J connectivity index is 1.34. The van der Waals surface area contributed by atoms with Gasteiger partial charge >= 0.3 is 11.9 Å². The lowest BCUT2D eigenvalue weighted by Crippen LogP contribution is -2.73. The monoisotopic (exact) mass is 376 g/mol. The summed E-state index contributed by atoms with van der Waals surface area (Å²) in [6.07, 6.45) is 2.99. The first-order chi connectivity index (χ1) is 13.7. The van der Waals surface area contributed by atoms with Crippen molar-refractivity contribution in [2.45, 2.75) is 12.8 Å². The Hall–Kier alpha value is -1.06. The van der Waals surface area contributed by atoms with Gasteiger partial charge in [0, 0.05) is 0 Å². The van der Waals surface area contributed by atoms with Crippen LogP contribution in [0.25, 0.3) is 0 Å². The number of hydrogen-bond donors (Lipinski definition) is 0. The molecule has 13 rings (SSSR count). The molecule has 0 radical (unpaired) electrons. The van der Waals surface area contributed by atoms with E-state index >= 15 is 0 Å². The minimum atomic E-state index is 0.114. The van der Waals surface area contributed by atoms with Crippen LogP contribution in [0, 0.1) is 105 Å². The minimum absolute atomic E-state index is 0.114. The Bertz CT molecular complexity index is 893. The van der Waals surface area contributed by atoms with Gasteiger partial charge in [0.05, 0.1) is 26.1 Å². The van der Waals surface area contributed by atoms with Crippen molar-refractivity contribution in [3.8, 4) is 0 Å². The Morgan fingerprint density at radius 3 is 1.21 bits per heavy atom. The largest absolute Gasteiger partial charge is 0.469 e. The molecule has 4 spiro atoms. The van der Waals surface area contributed by atoms with Crippen LogP contribution in [0.5, 0.6) is 0 Å². The molecular weight excluding hydrogens is 352 g/mol. The van der Waals surface area contributed by atoms with Gasteiger partial charge in [0.1, 0.15) is 0 Å². The van der Waals surface area contributed by atoms with Crippen LogP contribution in [0.2, 0.25) is 0 Å². The predicted octanol–water partition coefficient (Wildman–Crippen LogP) is 1.83. The molecule has 0 aromatic carbocycles. The lowest BCUT2D eigenvalue weighted by atomic mass is 9.28. The zero-order chi connectivity index (χ0) is 18.1. The molecule has 4 heteroatoms. The van der Waals surface area contributed by atoms with Crippen molar-refractivity contribution in [3.05, 3.63) is 0 Å². The van der Waals surface area contributed by atoms with Gasteiger partial charge in [0.2, 0.25) is 0 Å². The van der Waals surface area contributed by atoms with E-state index in [-0.39, 0.29) is 23.8 Å². The molecule has 0 aromatic heterocycles. The fraction of sp³-hybridized carbons (Fsp3) is 0.917. The highest BCUT2D eigenvalue weighted by Gasteiger charge is 3.22. The van der Waals surface area contributed by atoms with E-state index in [0.717, 1.165) is 35.5 Å². The van der Waals surface area contributed by atoms with Gasteiger partial charge in [-0.2, -0.15) is 0 Å². The molecule has 13 aliphatic rings. The molecule has 0 saturated heterocycles. The van der Waals surface area contributed by atoms with Crippen LogP contribution in [0.3, 0.4) is 0 Å². The molecule has 0 heterocycles. The van der Waals surface area contributed by atoms with Crippen LogP contribution in [0.4, 0.5) is 0 Å². The van der Waals surface area contributed by atoms with Gasteiger partial charge in [-0.15, -0.1) is 0 Å². The van der Waals surface area contributed by atoms with Crippen molar-refractivity contribution in [2.24, 2.45) is 105 Å². The molecular formula is C24H24O4. The number of ether oxygens (including phenoxy) is 2. The van der Waals surface area contributed by atoms with E-state index in [0.29, 0.717) is 57.2 Å². The Morgan fingerprint density at radius 1 is 0.607 bits per heavy atom. The number of methoxy groups -OCH3 is 2. The van der Waals surface area contributed by atoms with E-state index in [1.807, 2.05) is 0 Å². The van der Waals surface area contributed by atoms with Crippen LogP contribution in [0.1, 0.15) is 12.8 Å². The maximum Gasteiger partial charge on any atom is 0.309 e. The fourth-order valence-corrected chi connectivity index (χ4v) is 17.7. The van der Waals surface area contributed by atoms with Crippen LogP contribution in [-0.2, 0) is 19.1 Å². The molecule has 13 fully saturated rings. The second kappa shape index (κ2) is 2.87. The molecule has 13 aliphatic carbocycles. The van der Waals surface area contributed by atoms with Crippen molar-refractivity contribution in [1.29, 1.82) is 0 Å². The van der Waals surface area contributed by atoms with Crippen LogP contribution in [0.15, 0.2) is 0 Å². The van der Waals surface area contributed by atoms with Crippen molar-refractivity contribution in [1.82, 2.24) is 0 Å². The summed E-state index contributed by atoms with van der Waals surface area (Å²) in [5.41, 5.74) is 1.81. The summed E-state index contributed by atoms with van der Waals surface area (Å²) in [5, 5.41) is 0. The Labute approximate surface area is 163 Å². The first kappa shape index (κ1) is 13.3. The van der Waals surface area contributed by atoms with Gasteiger partial charge in [-0.1, -0.05) is 0 Å². The third-order valence-electron chi connectivity index (χ3n) is 15.1. The summed E-state index contributed by atoms with van der Waals surface area (Å²) < 4.78 is 10.9. The third kappa shape index (κ3) is 0.566. The summed E-state index contributed by atoms with van der Waals surface area (Å²) >= 11 is 0. The number of esters is 2. The van der Waals surface area contributed by atoms with Crippen LogP contribution < -0.4 is 0 Å². The van der Waals surface area contributed by atoms with Gasteiger partial charge in [-0.25, -0.2) is 0 Å². The summed E-state index contributed by atoms with van der Waals surface area (Å²) in [6.45, 7) is 0. The molecule has 8 atom stereocenters. The molecule has 144 valence electrons. The SMILES string of the molecule is COC(=O)C1C2C3C4C1C15C6CC7C8C6C6CC8C8(C3C(C(=O)OC)C4C618)C725. The number of hydrogen-bond acceptors (Lipinski definition) is 4. The average molecular weight is 376 g/mol. The van der Waals surface area contributed by atoms with Crippen molar-refractivity contribution in [2.75, 3.05) is 14.2 Å². The second-order valence-corrected chi connectivity index (χ2v) is 12.9. The summed E-state index contributed by atoms with van der Waals surface area (Å²) in [4.78, 5) is 26.4. The highest BCUT2D eigenvalue weighted by atomic mass is 16.5. The fourth-order valence-electron chi connectivity index (χ4n) is 17.7. The molecule has 0 N–H and O–H groups in total. The minimum Gasteiger partial charge on any atom is -0.469 e. The predicted molar refractivity (Wildman–Crippen MR) is 91.9 cm³/mol. The number of rotatable bonds is 2. The Kier molecular flexibility index (Phi) is 1.36. The summed E-state index contributed by atoms with van der Waals surface area (Å²) in [6, 6.07) is 0. The molecule has 8 bridgehead atoms. The van der Waals surface area contributed by atoms with E-state index in [4.69, 9.17) is 9.47 Å². The van der Waals surface area contributed by atoms with Gasteiger partial charge in [0.25, 0.3) is 0 Å². The van der Waals surface area contributed by atoms with Gasteiger partial charge in [-0.3, -0.25) is 9.59 Å². The lowest BCUT2D eigenvalue weighted by Gasteiger charge is -2.74. The summed E-state index contributed by atoms with van der Waals surface area (Å²) in [5.74, 6) is 9.66. The van der Waals surface area contributed by atoms with Gasteiger partial charge in [-0.05, 0) is 106 Å². The van der Waals surface area contributed by atoms with Crippen molar-refractivity contribution < 1.29 is 19.1 Å². The zero-order valence-corrected chi connectivity index (χ0v) is 16.1. The smallest absolute Gasteiger partial charge is 0.309 e. The topological polar surface area (TPSA) is 52.6 Å².